The average Bonchev–Trinajstić information content (AvgIpc) is 1.97. The summed E-state index contributed by atoms with van der Waals surface area (Å²) in [5.41, 5.74) is 5.36. The van der Waals surface area contributed by atoms with Crippen LogP contribution >= 0.6 is 0 Å². The van der Waals surface area contributed by atoms with E-state index in [4.69, 9.17) is 20.7 Å². The molecule has 0 aromatic rings. The summed E-state index contributed by atoms with van der Waals surface area (Å²) in [7, 11) is 0. The molecule has 0 aliphatic carbocycles. The summed E-state index contributed by atoms with van der Waals surface area (Å²) < 4.78 is 4.76. The molecule has 0 bridgehead atoms. The highest BCUT2D eigenvalue weighted by atomic mass is 16.6. The first kappa shape index (κ1) is 8.89. The number of hydrogen-bond donors (Lipinski definition) is 4. The van der Waals surface area contributed by atoms with Crippen molar-refractivity contribution in [1.82, 2.24) is 0 Å². The second kappa shape index (κ2) is 3.04. The van der Waals surface area contributed by atoms with Crippen molar-refractivity contribution < 1.29 is 20.1 Å². The Morgan fingerprint density at radius 2 is 1.73 bits per heavy atom. The smallest absolute Gasteiger partial charge is 0.182 e. The highest BCUT2D eigenvalue weighted by Crippen LogP contribution is 2.17. The van der Waals surface area contributed by atoms with Gasteiger partial charge in [0.25, 0.3) is 0 Å². The van der Waals surface area contributed by atoms with Crippen molar-refractivity contribution in [2.24, 2.45) is 5.73 Å². The van der Waals surface area contributed by atoms with Crippen LogP contribution in [0.2, 0.25) is 0 Å². The lowest BCUT2D eigenvalue weighted by Gasteiger charge is -2.37. The number of nitrogens with two attached hydrogens (primary N) is 1. The van der Waals surface area contributed by atoms with Crippen LogP contribution in [0.3, 0.4) is 0 Å². The van der Waals surface area contributed by atoms with E-state index in [-0.39, 0.29) is 0 Å². The second-order valence-corrected chi connectivity index (χ2v) is 2.79. The highest BCUT2D eigenvalue weighted by Gasteiger charge is 2.39. The van der Waals surface area contributed by atoms with Crippen LogP contribution < -0.4 is 5.73 Å². The van der Waals surface area contributed by atoms with Gasteiger partial charge < -0.3 is 25.8 Å². The van der Waals surface area contributed by atoms with E-state index < -0.39 is 30.6 Å². The maximum absolute atomic E-state index is 9.21. The molecule has 1 rings (SSSR count). The molecule has 5 nitrogen and oxygen atoms in total. The molecule has 5 heteroatoms. The van der Waals surface area contributed by atoms with Crippen LogP contribution in [-0.2, 0) is 4.74 Å². The Bertz CT molecular complexity index is 129. The van der Waals surface area contributed by atoms with Gasteiger partial charge in [-0.25, -0.2) is 0 Å². The minimum atomic E-state index is -1.29. The van der Waals surface area contributed by atoms with E-state index in [0.717, 1.165) is 0 Å². The molecule has 0 aromatic carbocycles. The first-order chi connectivity index (χ1) is 5.04. The molecule has 1 saturated heterocycles. The third-order valence-electron chi connectivity index (χ3n) is 1.92. The first-order valence-electron chi connectivity index (χ1n) is 3.49. The predicted octanol–water partition coefficient (Wildman–Crippen LogP) is -2.23. The normalized spacial score (nSPS) is 52.6. The number of aliphatic hydroxyl groups is 3. The highest BCUT2D eigenvalue weighted by molar-refractivity contribution is 4.89. The maximum atomic E-state index is 9.21. The summed E-state index contributed by atoms with van der Waals surface area (Å²) in [6.45, 7) is 1.58. The Kier molecular flexibility index (Phi) is 2.46. The summed E-state index contributed by atoms with van der Waals surface area (Å²) in [6.07, 6.45) is -3.96. The lowest BCUT2D eigenvalue weighted by atomic mass is 9.98. The molecule has 1 unspecified atom stereocenters. The number of hydrogen-bond acceptors (Lipinski definition) is 5. The quantitative estimate of drug-likeness (QED) is 0.324. The van der Waals surface area contributed by atoms with Gasteiger partial charge in [-0.1, -0.05) is 0 Å². The minimum absolute atomic E-state index is 0.539. The van der Waals surface area contributed by atoms with Crippen molar-refractivity contribution in [3.8, 4) is 0 Å². The van der Waals surface area contributed by atoms with E-state index in [9.17, 15) is 5.11 Å². The zero-order valence-corrected chi connectivity index (χ0v) is 6.21. The molecule has 0 radical (unpaired) electrons. The number of ether oxygens (including phenoxy) is 1. The summed E-state index contributed by atoms with van der Waals surface area (Å²) in [6, 6.07) is -0.839. The molecule has 5 atom stereocenters. The van der Waals surface area contributed by atoms with E-state index in [0.29, 0.717) is 0 Å². The number of rotatable bonds is 0. The van der Waals surface area contributed by atoms with E-state index in [1.807, 2.05) is 0 Å². The van der Waals surface area contributed by atoms with Crippen LogP contribution in [0.5, 0.6) is 0 Å². The molecule has 5 N–H and O–H groups in total. The van der Waals surface area contributed by atoms with Gasteiger partial charge in [-0.2, -0.15) is 0 Å². The third-order valence-corrected chi connectivity index (χ3v) is 1.92. The second-order valence-electron chi connectivity index (χ2n) is 2.79. The van der Waals surface area contributed by atoms with Gasteiger partial charge in [0, 0.05) is 0 Å². The molecule has 1 fully saturated rings. The average molecular weight is 163 g/mol. The summed E-state index contributed by atoms with van der Waals surface area (Å²) in [4.78, 5) is 0. The van der Waals surface area contributed by atoms with Crippen molar-refractivity contribution >= 4 is 0 Å². The summed E-state index contributed by atoms with van der Waals surface area (Å²) in [5, 5.41) is 27.3. The van der Waals surface area contributed by atoms with Gasteiger partial charge in [0.15, 0.2) is 6.29 Å². The Morgan fingerprint density at radius 1 is 1.18 bits per heavy atom. The van der Waals surface area contributed by atoms with Crippen molar-refractivity contribution in [3.63, 3.8) is 0 Å². The Labute approximate surface area is 64.4 Å². The fourth-order valence-corrected chi connectivity index (χ4v) is 1.09. The van der Waals surface area contributed by atoms with E-state index in [1.165, 1.54) is 0 Å². The molecule has 11 heavy (non-hydrogen) atoms. The van der Waals surface area contributed by atoms with E-state index in [2.05, 4.69) is 0 Å². The minimum Gasteiger partial charge on any atom is -0.389 e. The van der Waals surface area contributed by atoms with Crippen LogP contribution in [0.25, 0.3) is 0 Å². The predicted molar refractivity (Wildman–Crippen MR) is 36.5 cm³/mol. The largest absolute Gasteiger partial charge is 0.389 e. The Morgan fingerprint density at radius 3 is 2.27 bits per heavy atom. The SMILES string of the molecule is C[C@H]1OC(O)[C@@H](O)[C@@H](N)[C@H]1O. The van der Waals surface area contributed by atoms with Crippen LogP contribution in [0.15, 0.2) is 0 Å². The fraction of sp³-hybridized carbons (Fsp3) is 1.00. The Balaban J connectivity index is 2.63. The number of aliphatic hydroxyl groups excluding tert-OH is 3. The van der Waals surface area contributed by atoms with Crippen molar-refractivity contribution in [3.05, 3.63) is 0 Å². The van der Waals surface area contributed by atoms with Crippen molar-refractivity contribution in [2.75, 3.05) is 0 Å². The van der Waals surface area contributed by atoms with Crippen LogP contribution in [0.4, 0.5) is 0 Å². The lowest BCUT2D eigenvalue weighted by molar-refractivity contribution is -0.247. The van der Waals surface area contributed by atoms with Gasteiger partial charge in [-0.05, 0) is 6.92 Å². The van der Waals surface area contributed by atoms with Gasteiger partial charge in [-0.3, -0.25) is 0 Å². The lowest BCUT2D eigenvalue weighted by Crippen LogP contribution is -2.60. The van der Waals surface area contributed by atoms with Gasteiger partial charge in [0.1, 0.15) is 6.10 Å². The molecule has 0 spiro atoms. The molecule has 0 amide bonds. The van der Waals surface area contributed by atoms with Crippen molar-refractivity contribution in [2.45, 2.75) is 37.6 Å². The first-order valence-corrected chi connectivity index (χ1v) is 3.49. The molecule has 1 aliphatic rings. The van der Waals surface area contributed by atoms with Crippen LogP contribution in [-0.4, -0.2) is 46.0 Å². The van der Waals surface area contributed by atoms with Gasteiger partial charge >= 0.3 is 0 Å². The monoisotopic (exact) mass is 163 g/mol. The maximum Gasteiger partial charge on any atom is 0.182 e. The van der Waals surface area contributed by atoms with Crippen LogP contribution in [0, 0.1) is 0 Å². The van der Waals surface area contributed by atoms with Gasteiger partial charge in [0.05, 0.1) is 18.2 Å². The topological polar surface area (TPSA) is 95.9 Å². The molecule has 0 saturated carbocycles. The molecule has 1 aliphatic heterocycles. The zero-order valence-electron chi connectivity index (χ0n) is 6.21. The molecule has 1 heterocycles. The molecular formula is C6H13NO4. The third kappa shape index (κ3) is 1.52. The summed E-state index contributed by atoms with van der Waals surface area (Å²) in [5.74, 6) is 0. The zero-order chi connectivity index (χ0) is 8.59. The van der Waals surface area contributed by atoms with Gasteiger partial charge in [-0.15, -0.1) is 0 Å². The van der Waals surface area contributed by atoms with Crippen molar-refractivity contribution in [1.29, 1.82) is 0 Å². The molecule has 66 valence electrons. The van der Waals surface area contributed by atoms with Gasteiger partial charge in [0.2, 0.25) is 0 Å². The standard InChI is InChI=1S/C6H13NO4/c1-2-4(8)3(7)5(9)6(10)11-2/h2-6,8-10H,7H2,1H3/t2-,3+,4+,5+,6?/m1/s1. The molecular weight excluding hydrogens is 150 g/mol. The van der Waals surface area contributed by atoms with E-state index in [1.54, 1.807) is 6.92 Å². The fourth-order valence-electron chi connectivity index (χ4n) is 1.09. The molecule has 0 aromatic heterocycles. The summed E-state index contributed by atoms with van der Waals surface area (Å²) >= 11 is 0. The Hall–Kier alpha value is -0.200. The van der Waals surface area contributed by atoms with Crippen LogP contribution in [0.1, 0.15) is 6.92 Å². The van der Waals surface area contributed by atoms with E-state index >= 15 is 0 Å².